The minimum atomic E-state index is -0.932. The van der Waals surface area contributed by atoms with Gasteiger partial charge in [0, 0.05) is 18.7 Å². The number of nitrogens with one attached hydrogen (secondary N) is 1. The highest BCUT2D eigenvalue weighted by atomic mass is 16.4. The van der Waals surface area contributed by atoms with Gasteiger partial charge < -0.3 is 5.11 Å². The normalized spacial score (nSPS) is 16.0. The standard InChI is InChI=1S/C14H18N2O3/c17-13(18)10-11-6-2-3-7-12(11)14(19)15-16-8-4-1-5-9-16/h2-3,6-7H,1,4-5,8-10H2,(H,15,19)(H,17,18). The van der Waals surface area contributed by atoms with Crippen LogP contribution in [0.2, 0.25) is 0 Å². The predicted octanol–water partition coefficient (Wildman–Crippen LogP) is 1.44. The van der Waals surface area contributed by atoms with Crippen LogP contribution in [0.25, 0.3) is 0 Å². The summed E-state index contributed by atoms with van der Waals surface area (Å²) < 4.78 is 0. The SMILES string of the molecule is O=C(O)Cc1ccccc1C(=O)NN1CCCCC1. The fourth-order valence-electron chi connectivity index (χ4n) is 2.27. The second-order valence-corrected chi connectivity index (χ2v) is 4.72. The van der Waals surface area contributed by atoms with Gasteiger partial charge in [-0.3, -0.25) is 15.0 Å². The molecule has 2 rings (SSSR count). The van der Waals surface area contributed by atoms with E-state index in [1.54, 1.807) is 24.3 Å². The lowest BCUT2D eigenvalue weighted by atomic mass is 10.0. The molecule has 1 fully saturated rings. The Labute approximate surface area is 112 Å². The van der Waals surface area contributed by atoms with Crippen molar-refractivity contribution in [3.63, 3.8) is 0 Å². The van der Waals surface area contributed by atoms with E-state index in [0.29, 0.717) is 11.1 Å². The van der Waals surface area contributed by atoms with E-state index in [2.05, 4.69) is 5.43 Å². The molecule has 1 aromatic rings. The zero-order valence-electron chi connectivity index (χ0n) is 10.8. The van der Waals surface area contributed by atoms with E-state index in [-0.39, 0.29) is 12.3 Å². The van der Waals surface area contributed by atoms with Crippen molar-refractivity contribution < 1.29 is 14.7 Å². The Morgan fingerprint density at radius 3 is 2.53 bits per heavy atom. The third-order valence-corrected chi connectivity index (χ3v) is 3.22. The molecule has 1 heterocycles. The molecule has 1 amide bonds. The summed E-state index contributed by atoms with van der Waals surface area (Å²) in [5, 5.41) is 10.8. The van der Waals surface area contributed by atoms with Gasteiger partial charge >= 0.3 is 5.97 Å². The molecule has 1 aromatic carbocycles. The summed E-state index contributed by atoms with van der Waals surface area (Å²) in [6.07, 6.45) is 3.22. The molecule has 0 bridgehead atoms. The minimum absolute atomic E-state index is 0.135. The summed E-state index contributed by atoms with van der Waals surface area (Å²) in [5.74, 6) is -1.16. The molecule has 2 N–H and O–H groups in total. The van der Waals surface area contributed by atoms with Gasteiger partial charge in [0.2, 0.25) is 0 Å². The number of carbonyl (C=O) groups is 2. The van der Waals surface area contributed by atoms with Crippen LogP contribution in [0, 0.1) is 0 Å². The average molecular weight is 262 g/mol. The second kappa shape index (κ2) is 6.33. The highest BCUT2D eigenvalue weighted by Crippen LogP contribution is 2.11. The van der Waals surface area contributed by atoms with E-state index in [1.165, 1.54) is 6.42 Å². The molecule has 0 unspecified atom stereocenters. The zero-order chi connectivity index (χ0) is 13.7. The quantitative estimate of drug-likeness (QED) is 0.861. The van der Waals surface area contributed by atoms with Crippen LogP contribution in [0.5, 0.6) is 0 Å². The number of piperidine rings is 1. The number of aliphatic carboxylic acids is 1. The number of carboxylic acid groups (broad SMARTS) is 1. The molecule has 0 radical (unpaired) electrons. The van der Waals surface area contributed by atoms with Crippen LogP contribution >= 0.6 is 0 Å². The van der Waals surface area contributed by atoms with E-state index in [4.69, 9.17) is 5.11 Å². The van der Waals surface area contributed by atoms with Crippen LogP contribution in [0.15, 0.2) is 24.3 Å². The lowest BCUT2D eigenvalue weighted by Gasteiger charge is -2.27. The predicted molar refractivity (Wildman–Crippen MR) is 70.7 cm³/mol. The number of hydrogen-bond donors (Lipinski definition) is 2. The largest absolute Gasteiger partial charge is 0.481 e. The van der Waals surface area contributed by atoms with E-state index < -0.39 is 5.97 Å². The van der Waals surface area contributed by atoms with Crippen LogP contribution in [0.1, 0.15) is 35.2 Å². The molecule has 0 aromatic heterocycles. The molecule has 0 atom stereocenters. The molecular formula is C14H18N2O3. The lowest BCUT2D eigenvalue weighted by Crippen LogP contribution is -2.45. The van der Waals surface area contributed by atoms with Gasteiger partial charge in [0.1, 0.15) is 0 Å². The van der Waals surface area contributed by atoms with Gasteiger partial charge in [0.25, 0.3) is 5.91 Å². The summed E-state index contributed by atoms with van der Waals surface area (Å²) in [4.78, 5) is 23.0. The summed E-state index contributed by atoms with van der Waals surface area (Å²) in [6, 6.07) is 6.84. The summed E-state index contributed by atoms with van der Waals surface area (Å²) in [5.41, 5.74) is 3.84. The van der Waals surface area contributed by atoms with Crippen molar-refractivity contribution in [3.05, 3.63) is 35.4 Å². The first-order valence-corrected chi connectivity index (χ1v) is 6.52. The van der Waals surface area contributed by atoms with Crippen LogP contribution < -0.4 is 5.43 Å². The maximum atomic E-state index is 12.2. The number of carboxylic acids is 1. The second-order valence-electron chi connectivity index (χ2n) is 4.72. The fraction of sp³-hybridized carbons (Fsp3) is 0.429. The number of amides is 1. The molecule has 1 aliphatic rings. The Morgan fingerprint density at radius 2 is 1.84 bits per heavy atom. The molecule has 0 aliphatic carbocycles. The third kappa shape index (κ3) is 3.79. The van der Waals surface area contributed by atoms with Crippen molar-refractivity contribution in [3.8, 4) is 0 Å². The molecule has 102 valence electrons. The third-order valence-electron chi connectivity index (χ3n) is 3.22. The smallest absolute Gasteiger partial charge is 0.307 e. The topological polar surface area (TPSA) is 69.6 Å². The molecular weight excluding hydrogens is 244 g/mol. The number of hydrazine groups is 1. The van der Waals surface area contributed by atoms with Gasteiger partial charge in [-0.05, 0) is 24.5 Å². The summed E-state index contributed by atoms with van der Waals surface area (Å²) in [7, 11) is 0. The number of hydrogen-bond acceptors (Lipinski definition) is 3. The van der Waals surface area contributed by atoms with Crippen molar-refractivity contribution in [1.29, 1.82) is 0 Å². The molecule has 19 heavy (non-hydrogen) atoms. The van der Waals surface area contributed by atoms with E-state index >= 15 is 0 Å². The Bertz CT molecular complexity index is 468. The van der Waals surface area contributed by atoms with Crippen LogP contribution in [-0.4, -0.2) is 35.1 Å². The van der Waals surface area contributed by atoms with Gasteiger partial charge in [-0.2, -0.15) is 0 Å². The maximum Gasteiger partial charge on any atom is 0.307 e. The van der Waals surface area contributed by atoms with Gasteiger partial charge in [-0.1, -0.05) is 24.6 Å². The Morgan fingerprint density at radius 1 is 1.16 bits per heavy atom. The van der Waals surface area contributed by atoms with Gasteiger partial charge in [-0.15, -0.1) is 0 Å². The van der Waals surface area contributed by atoms with Gasteiger partial charge in [0.15, 0.2) is 0 Å². The molecule has 5 heteroatoms. The minimum Gasteiger partial charge on any atom is -0.481 e. The molecule has 0 saturated carbocycles. The Kier molecular flexibility index (Phi) is 4.52. The van der Waals surface area contributed by atoms with Crippen molar-refractivity contribution in [2.75, 3.05) is 13.1 Å². The van der Waals surface area contributed by atoms with Crippen molar-refractivity contribution >= 4 is 11.9 Å². The number of benzene rings is 1. The highest BCUT2D eigenvalue weighted by molar-refractivity contribution is 5.96. The zero-order valence-corrected chi connectivity index (χ0v) is 10.8. The Balaban J connectivity index is 2.07. The first kappa shape index (κ1) is 13.5. The van der Waals surface area contributed by atoms with Crippen LogP contribution in [0.3, 0.4) is 0 Å². The van der Waals surface area contributed by atoms with Gasteiger partial charge in [-0.25, -0.2) is 5.01 Å². The summed E-state index contributed by atoms with van der Waals surface area (Å²) in [6.45, 7) is 1.71. The molecule has 5 nitrogen and oxygen atoms in total. The lowest BCUT2D eigenvalue weighted by molar-refractivity contribution is -0.136. The number of rotatable bonds is 4. The number of carbonyl (C=O) groups excluding carboxylic acids is 1. The fourth-order valence-corrected chi connectivity index (χ4v) is 2.27. The molecule has 1 saturated heterocycles. The first-order chi connectivity index (χ1) is 9.16. The Hall–Kier alpha value is -1.88. The molecule has 1 aliphatic heterocycles. The van der Waals surface area contributed by atoms with Crippen molar-refractivity contribution in [2.24, 2.45) is 0 Å². The van der Waals surface area contributed by atoms with E-state index in [9.17, 15) is 9.59 Å². The maximum absolute atomic E-state index is 12.2. The first-order valence-electron chi connectivity index (χ1n) is 6.52. The molecule has 0 spiro atoms. The van der Waals surface area contributed by atoms with E-state index in [1.807, 2.05) is 5.01 Å². The van der Waals surface area contributed by atoms with Crippen LogP contribution in [0.4, 0.5) is 0 Å². The monoisotopic (exact) mass is 262 g/mol. The summed E-state index contributed by atoms with van der Waals surface area (Å²) >= 11 is 0. The van der Waals surface area contributed by atoms with E-state index in [0.717, 1.165) is 25.9 Å². The average Bonchev–Trinajstić information content (AvgIpc) is 2.39. The highest BCUT2D eigenvalue weighted by Gasteiger charge is 2.17. The van der Waals surface area contributed by atoms with Crippen LogP contribution in [-0.2, 0) is 11.2 Å². The van der Waals surface area contributed by atoms with Crippen molar-refractivity contribution in [2.45, 2.75) is 25.7 Å². The number of nitrogens with zero attached hydrogens (tertiary/aromatic N) is 1. The van der Waals surface area contributed by atoms with Crippen molar-refractivity contribution in [1.82, 2.24) is 10.4 Å². The van der Waals surface area contributed by atoms with Gasteiger partial charge in [0.05, 0.1) is 6.42 Å².